The summed E-state index contributed by atoms with van der Waals surface area (Å²) in [5.41, 5.74) is 1.21. The minimum atomic E-state index is -3.44. The molecule has 0 N–H and O–H groups in total. The highest BCUT2D eigenvalue weighted by Crippen LogP contribution is 2.27. The molecule has 1 aliphatic heterocycles. The molecule has 0 unspecified atom stereocenters. The zero-order chi connectivity index (χ0) is 22.9. The third-order valence-electron chi connectivity index (χ3n) is 5.02. The van der Waals surface area contributed by atoms with Crippen molar-refractivity contribution in [3.8, 4) is 0 Å². The second-order valence-corrected chi connectivity index (χ2v) is 9.47. The summed E-state index contributed by atoms with van der Waals surface area (Å²) in [6, 6.07) is 11.2. The first-order chi connectivity index (χ1) is 14.5. The molecule has 8 nitrogen and oxygen atoms in total. The highest BCUT2D eigenvalue weighted by atomic mass is 35.5. The van der Waals surface area contributed by atoms with Gasteiger partial charge in [0.15, 0.2) is 5.78 Å². The van der Waals surface area contributed by atoms with Crippen molar-refractivity contribution < 1.29 is 22.8 Å². The fraction of sp³-hybridized carbons (Fsp3) is 0.286. The van der Waals surface area contributed by atoms with Gasteiger partial charge in [-0.1, -0.05) is 11.6 Å². The Balaban J connectivity index is 1.77. The predicted molar refractivity (Wildman–Crippen MR) is 119 cm³/mol. The monoisotopic (exact) mass is 463 g/mol. The van der Waals surface area contributed by atoms with E-state index in [2.05, 4.69) is 0 Å². The number of ketones is 1. The lowest BCUT2D eigenvalue weighted by atomic mass is 10.1. The topological polar surface area (TPSA) is 95.1 Å². The highest BCUT2D eigenvalue weighted by molar-refractivity contribution is 7.92. The maximum absolute atomic E-state index is 12.8. The van der Waals surface area contributed by atoms with Gasteiger partial charge in [-0.05, 0) is 62.4 Å². The van der Waals surface area contributed by atoms with Crippen LogP contribution in [0.2, 0.25) is 5.02 Å². The van der Waals surface area contributed by atoms with Crippen LogP contribution < -0.4 is 9.21 Å². The molecule has 164 valence electrons. The van der Waals surface area contributed by atoms with Gasteiger partial charge >= 0.3 is 6.03 Å². The minimum Gasteiger partial charge on any atom is -0.292 e. The van der Waals surface area contributed by atoms with Crippen molar-refractivity contribution in [2.24, 2.45) is 0 Å². The van der Waals surface area contributed by atoms with Crippen molar-refractivity contribution in [1.29, 1.82) is 0 Å². The van der Waals surface area contributed by atoms with Gasteiger partial charge in [0, 0.05) is 22.8 Å². The smallest absolute Gasteiger partial charge is 0.292 e. The number of hydrogen-bond acceptors (Lipinski definition) is 5. The number of hydrogen-bond donors (Lipinski definition) is 0. The number of nitrogens with zero attached hydrogens (tertiary/aromatic N) is 3. The second-order valence-electron chi connectivity index (χ2n) is 7.13. The molecule has 3 amide bonds. The van der Waals surface area contributed by atoms with Gasteiger partial charge in [-0.2, -0.15) is 0 Å². The van der Waals surface area contributed by atoms with Gasteiger partial charge in [-0.3, -0.25) is 23.7 Å². The van der Waals surface area contributed by atoms with Crippen molar-refractivity contribution in [3.05, 3.63) is 59.1 Å². The molecule has 0 aromatic heterocycles. The summed E-state index contributed by atoms with van der Waals surface area (Å²) in [6.45, 7) is 3.15. The second kappa shape index (κ2) is 8.68. The average molecular weight is 464 g/mol. The summed E-state index contributed by atoms with van der Waals surface area (Å²) in [5, 5.41) is 0.502. The molecule has 0 radical (unpaired) electrons. The molecule has 0 saturated carbocycles. The van der Waals surface area contributed by atoms with E-state index in [1.165, 1.54) is 33.5 Å². The van der Waals surface area contributed by atoms with Crippen molar-refractivity contribution >= 4 is 50.7 Å². The molecule has 1 fully saturated rings. The Hall–Kier alpha value is -2.91. The van der Waals surface area contributed by atoms with E-state index in [1.807, 2.05) is 0 Å². The van der Waals surface area contributed by atoms with Gasteiger partial charge in [0.1, 0.15) is 6.04 Å². The number of imide groups is 1. The molecule has 1 aliphatic rings. The van der Waals surface area contributed by atoms with E-state index in [9.17, 15) is 22.8 Å². The molecule has 0 spiro atoms. The molecule has 31 heavy (non-hydrogen) atoms. The molecule has 0 bridgehead atoms. The summed E-state index contributed by atoms with van der Waals surface area (Å²) in [6.07, 6.45) is 1.10. The van der Waals surface area contributed by atoms with E-state index < -0.39 is 40.3 Å². The third-order valence-corrected chi connectivity index (χ3v) is 6.54. The standard InChI is InChI=1S/C21H22ClN3O5S/c1-4-24(31(3,29)30)17-9-5-15(6-10-17)19(26)13-23-20(27)14(2)25(21(23)28)18-11-7-16(22)8-12-18/h5-12,14H,4,13H2,1-3H3/t14-/m1/s1. The fourth-order valence-corrected chi connectivity index (χ4v) is 4.56. The molecule has 1 saturated heterocycles. The first-order valence-corrected chi connectivity index (χ1v) is 11.8. The quantitative estimate of drug-likeness (QED) is 0.464. The van der Waals surface area contributed by atoms with Crippen molar-refractivity contribution in [2.45, 2.75) is 19.9 Å². The summed E-state index contributed by atoms with van der Waals surface area (Å²) in [4.78, 5) is 40.4. The molecule has 2 aromatic rings. The van der Waals surface area contributed by atoms with Gasteiger partial charge in [0.25, 0.3) is 5.91 Å². The van der Waals surface area contributed by atoms with Crippen molar-refractivity contribution in [1.82, 2.24) is 4.90 Å². The lowest BCUT2D eigenvalue weighted by molar-refractivity contribution is -0.126. The first-order valence-electron chi connectivity index (χ1n) is 9.55. The molecular formula is C21H22ClN3O5S. The molecule has 3 rings (SSSR count). The van der Waals surface area contributed by atoms with Crippen molar-refractivity contribution in [2.75, 3.05) is 28.6 Å². The van der Waals surface area contributed by atoms with Crippen molar-refractivity contribution in [3.63, 3.8) is 0 Å². The molecule has 1 heterocycles. The Kier molecular flexibility index (Phi) is 6.38. The third kappa shape index (κ3) is 4.57. The number of rotatable bonds is 7. The van der Waals surface area contributed by atoms with E-state index in [0.717, 1.165) is 11.2 Å². The predicted octanol–water partition coefficient (Wildman–Crippen LogP) is 3.17. The van der Waals surface area contributed by atoms with Crippen LogP contribution in [-0.4, -0.2) is 56.4 Å². The summed E-state index contributed by atoms with van der Waals surface area (Å²) in [7, 11) is -3.44. The van der Waals surface area contributed by atoms with Gasteiger partial charge < -0.3 is 0 Å². The van der Waals surface area contributed by atoms with E-state index in [4.69, 9.17) is 11.6 Å². The minimum absolute atomic E-state index is 0.251. The zero-order valence-corrected chi connectivity index (χ0v) is 18.9. The zero-order valence-electron chi connectivity index (χ0n) is 17.3. The van der Waals surface area contributed by atoms with Crippen LogP contribution in [0.4, 0.5) is 16.2 Å². The molecule has 10 heteroatoms. The first kappa shape index (κ1) is 22.8. The molecule has 1 atom stereocenters. The van der Waals surface area contributed by atoms with Gasteiger partial charge in [0.05, 0.1) is 18.5 Å². The summed E-state index contributed by atoms with van der Waals surface area (Å²) < 4.78 is 24.9. The number of urea groups is 1. The van der Waals surface area contributed by atoms with Gasteiger partial charge in [0.2, 0.25) is 10.0 Å². The Morgan fingerprint density at radius 2 is 1.65 bits per heavy atom. The SMILES string of the molecule is CCN(c1ccc(C(=O)CN2C(=O)[C@@H](C)N(c3ccc(Cl)cc3)C2=O)cc1)S(C)(=O)=O. The average Bonchev–Trinajstić information content (AvgIpc) is 2.92. The normalized spacial score (nSPS) is 16.7. The number of carbonyl (C=O) groups excluding carboxylic acids is 3. The lowest BCUT2D eigenvalue weighted by Gasteiger charge is -2.20. The maximum atomic E-state index is 12.8. The number of carbonyl (C=O) groups is 3. The summed E-state index contributed by atoms with van der Waals surface area (Å²) >= 11 is 5.89. The van der Waals surface area contributed by atoms with E-state index in [0.29, 0.717) is 16.4 Å². The summed E-state index contributed by atoms with van der Waals surface area (Å²) in [5.74, 6) is -0.903. The van der Waals surface area contributed by atoms with E-state index in [1.54, 1.807) is 38.1 Å². The van der Waals surface area contributed by atoms with Crippen LogP contribution in [0.5, 0.6) is 0 Å². The number of anilines is 2. The van der Waals surface area contributed by atoms with E-state index >= 15 is 0 Å². The van der Waals surface area contributed by atoms with Crippen LogP contribution in [0.1, 0.15) is 24.2 Å². The van der Waals surface area contributed by atoms with Crippen LogP contribution in [0.25, 0.3) is 0 Å². The molecule has 2 aromatic carbocycles. The maximum Gasteiger partial charge on any atom is 0.332 e. The number of halogens is 1. The fourth-order valence-electron chi connectivity index (χ4n) is 3.46. The molecular weight excluding hydrogens is 442 g/mol. The number of sulfonamides is 1. The Bertz CT molecular complexity index is 1120. The van der Waals surface area contributed by atoms with Crippen LogP contribution >= 0.6 is 11.6 Å². The number of Topliss-reactive ketones (excluding diaryl/α,β-unsaturated/α-hetero) is 1. The Morgan fingerprint density at radius 1 is 1.06 bits per heavy atom. The van der Waals surface area contributed by atoms with Crippen LogP contribution in [0.15, 0.2) is 48.5 Å². The van der Waals surface area contributed by atoms with Crippen LogP contribution in [0, 0.1) is 0 Å². The highest BCUT2D eigenvalue weighted by Gasteiger charge is 2.44. The largest absolute Gasteiger partial charge is 0.332 e. The lowest BCUT2D eigenvalue weighted by Crippen LogP contribution is -2.37. The Labute approximate surface area is 186 Å². The number of benzene rings is 2. The number of amides is 3. The Morgan fingerprint density at radius 3 is 2.16 bits per heavy atom. The van der Waals surface area contributed by atoms with Gasteiger partial charge in [-0.25, -0.2) is 13.2 Å². The molecule has 0 aliphatic carbocycles. The van der Waals surface area contributed by atoms with E-state index in [-0.39, 0.29) is 12.1 Å². The van der Waals surface area contributed by atoms with Crippen LogP contribution in [-0.2, 0) is 14.8 Å². The van der Waals surface area contributed by atoms with Crippen LogP contribution in [0.3, 0.4) is 0 Å². The van der Waals surface area contributed by atoms with Gasteiger partial charge in [-0.15, -0.1) is 0 Å².